The number of nitrogens with one attached hydrogen (secondary N) is 1. The van der Waals surface area contributed by atoms with E-state index in [1.165, 1.54) is 48.8 Å². The Kier molecular flexibility index (Phi) is 6.65. The minimum absolute atomic E-state index is 0.0265. The molecule has 2 aromatic rings. The van der Waals surface area contributed by atoms with Gasteiger partial charge in [-0.3, -0.25) is 10.0 Å². The zero-order chi connectivity index (χ0) is 22.8. The third kappa shape index (κ3) is 4.87. The van der Waals surface area contributed by atoms with Crippen molar-refractivity contribution in [2.24, 2.45) is 0 Å². The zero-order valence-electron chi connectivity index (χ0n) is 17.2. The highest BCUT2D eigenvalue weighted by molar-refractivity contribution is 7.89. The number of aryl methyl sites for hydroxylation is 1. The number of hydrogen-bond acceptors (Lipinski definition) is 6. The van der Waals surface area contributed by atoms with Crippen molar-refractivity contribution in [2.45, 2.75) is 49.8 Å². The van der Waals surface area contributed by atoms with Crippen LogP contribution in [0.4, 0.5) is 4.39 Å². The van der Waals surface area contributed by atoms with Gasteiger partial charge in [0.2, 0.25) is 10.0 Å². The standard InChI is InChI=1S/C21H25FN2O6S/c1-14-12-16(22)5-4-15(14)13-30-17-6-8-18(9-7-17)31(28,29)24-11-3-10-21(2,26)19(24)20(25)23-27/h4-9,12,19,26-27H,3,10-11,13H2,1-2H3,(H,23,25)/t19-,21+/m1/s1. The van der Waals surface area contributed by atoms with Crippen LogP contribution in [0.5, 0.6) is 5.75 Å². The van der Waals surface area contributed by atoms with Crippen LogP contribution in [0, 0.1) is 12.7 Å². The Labute approximate surface area is 180 Å². The Morgan fingerprint density at radius 3 is 2.58 bits per heavy atom. The van der Waals surface area contributed by atoms with Gasteiger partial charge in [0.1, 0.15) is 24.2 Å². The average Bonchev–Trinajstić information content (AvgIpc) is 2.72. The van der Waals surface area contributed by atoms with Gasteiger partial charge in [0, 0.05) is 6.54 Å². The first-order valence-corrected chi connectivity index (χ1v) is 11.2. The van der Waals surface area contributed by atoms with Crippen molar-refractivity contribution < 1.29 is 32.7 Å². The van der Waals surface area contributed by atoms with Crippen LogP contribution in [0.2, 0.25) is 0 Å². The highest BCUT2D eigenvalue weighted by atomic mass is 32.2. The lowest BCUT2D eigenvalue weighted by Crippen LogP contribution is -2.62. The van der Waals surface area contributed by atoms with E-state index in [0.717, 1.165) is 15.4 Å². The second kappa shape index (κ2) is 8.91. The summed E-state index contributed by atoms with van der Waals surface area (Å²) in [5, 5.41) is 19.6. The second-order valence-electron chi connectivity index (χ2n) is 7.79. The smallest absolute Gasteiger partial charge is 0.264 e. The van der Waals surface area contributed by atoms with Crippen LogP contribution in [0.25, 0.3) is 0 Å². The van der Waals surface area contributed by atoms with Gasteiger partial charge in [-0.15, -0.1) is 0 Å². The lowest BCUT2D eigenvalue weighted by atomic mass is 9.87. The number of rotatable bonds is 6. The van der Waals surface area contributed by atoms with Gasteiger partial charge in [0.05, 0.1) is 10.5 Å². The largest absolute Gasteiger partial charge is 0.489 e. The molecule has 1 saturated heterocycles. The average molecular weight is 453 g/mol. The first kappa shape index (κ1) is 23.1. The minimum Gasteiger partial charge on any atom is -0.489 e. The molecule has 168 valence electrons. The number of carbonyl (C=O) groups is 1. The number of nitrogens with zero attached hydrogens (tertiary/aromatic N) is 1. The minimum atomic E-state index is -4.13. The van der Waals surface area contributed by atoms with Crippen molar-refractivity contribution in [1.29, 1.82) is 0 Å². The molecule has 3 rings (SSSR count). The molecule has 2 aromatic carbocycles. The number of benzene rings is 2. The molecular weight excluding hydrogens is 427 g/mol. The second-order valence-corrected chi connectivity index (χ2v) is 9.68. The molecule has 1 aliphatic heterocycles. The Hall–Kier alpha value is -2.53. The van der Waals surface area contributed by atoms with Crippen molar-refractivity contribution in [3.05, 3.63) is 59.4 Å². The summed E-state index contributed by atoms with van der Waals surface area (Å²) in [6.45, 7) is 3.34. The number of amides is 1. The van der Waals surface area contributed by atoms with Crippen LogP contribution in [0.1, 0.15) is 30.9 Å². The predicted molar refractivity (Wildman–Crippen MR) is 109 cm³/mol. The van der Waals surface area contributed by atoms with Crippen molar-refractivity contribution in [1.82, 2.24) is 9.79 Å². The number of aliphatic hydroxyl groups is 1. The number of sulfonamides is 1. The third-order valence-electron chi connectivity index (χ3n) is 5.43. The van der Waals surface area contributed by atoms with E-state index in [9.17, 15) is 22.7 Å². The SMILES string of the molecule is Cc1cc(F)ccc1COc1ccc(S(=O)(=O)N2CCC[C@](C)(O)[C@H]2C(=O)NO)cc1. The summed E-state index contributed by atoms with van der Waals surface area (Å²) in [5.74, 6) is -0.915. The summed E-state index contributed by atoms with van der Waals surface area (Å²) >= 11 is 0. The summed E-state index contributed by atoms with van der Waals surface area (Å²) in [7, 11) is -4.13. The van der Waals surface area contributed by atoms with Crippen LogP contribution < -0.4 is 10.2 Å². The third-order valence-corrected chi connectivity index (χ3v) is 7.31. The molecule has 0 saturated carbocycles. The van der Waals surface area contributed by atoms with E-state index in [2.05, 4.69) is 0 Å². The summed E-state index contributed by atoms with van der Waals surface area (Å²) in [5.41, 5.74) is 1.35. The molecular formula is C21H25FN2O6S. The maximum absolute atomic E-state index is 13.2. The van der Waals surface area contributed by atoms with Gasteiger partial charge < -0.3 is 9.84 Å². The van der Waals surface area contributed by atoms with E-state index in [-0.39, 0.29) is 30.3 Å². The molecule has 1 fully saturated rings. The molecule has 0 aliphatic carbocycles. The van der Waals surface area contributed by atoms with E-state index >= 15 is 0 Å². The zero-order valence-corrected chi connectivity index (χ0v) is 18.0. The fourth-order valence-corrected chi connectivity index (χ4v) is 5.45. The molecule has 0 spiro atoms. The summed E-state index contributed by atoms with van der Waals surface area (Å²) in [6, 6.07) is 8.56. The highest BCUT2D eigenvalue weighted by Gasteiger charge is 2.49. The summed E-state index contributed by atoms with van der Waals surface area (Å²) in [4.78, 5) is 12.0. The van der Waals surface area contributed by atoms with E-state index < -0.39 is 27.6 Å². The number of carbonyl (C=O) groups excluding carboxylic acids is 1. The topological polar surface area (TPSA) is 116 Å². The lowest BCUT2D eigenvalue weighted by Gasteiger charge is -2.42. The number of piperidine rings is 1. The molecule has 2 atom stereocenters. The normalized spacial score (nSPS) is 22.2. The molecule has 0 bridgehead atoms. The van der Waals surface area contributed by atoms with Crippen LogP contribution in [-0.4, -0.2) is 47.1 Å². The molecule has 0 unspecified atom stereocenters. The van der Waals surface area contributed by atoms with Gasteiger partial charge in [-0.1, -0.05) is 6.07 Å². The van der Waals surface area contributed by atoms with Gasteiger partial charge >= 0.3 is 0 Å². The van der Waals surface area contributed by atoms with E-state index in [1.54, 1.807) is 13.0 Å². The molecule has 0 radical (unpaired) electrons. The number of hydroxylamine groups is 1. The maximum atomic E-state index is 13.2. The van der Waals surface area contributed by atoms with E-state index in [4.69, 9.17) is 9.94 Å². The first-order chi connectivity index (χ1) is 14.6. The fourth-order valence-electron chi connectivity index (χ4n) is 3.73. The molecule has 1 heterocycles. The molecule has 31 heavy (non-hydrogen) atoms. The highest BCUT2D eigenvalue weighted by Crippen LogP contribution is 2.32. The first-order valence-electron chi connectivity index (χ1n) is 9.72. The van der Waals surface area contributed by atoms with E-state index in [0.29, 0.717) is 12.2 Å². The maximum Gasteiger partial charge on any atom is 0.264 e. The molecule has 3 N–H and O–H groups in total. The number of halogens is 1. The Morgan fingerprint density at radius 1 is 1.29 bits per heavy atom. The van der Waals surface area contributed by atoms with Crippen LogP contribution in [0.3, 0.4) is 0 Å². The molecule has 10 heteroatoms. The summed E-state index contributed by atoms with van der Waals surface area (Å²) in [6.07, 6.45) is 0.576. The van der Waals surface area contributed by atoms with Gasteiger partial charge in [-0.2, -0.15) is 4.31 Å². The van der Waals surface area contributed by atoms with Crippen LogP contribution in [0.15, 0.2) is 47.4 Å². The van der Waals surface area contributed by atoms with Crippen molar-refractivity contribution in [2.75, 3.05) is 6.54 Å². The van der Waals surface area contributed by atoms with Crippen molar-refractivity contribution >= 4 is 15.9 Å². The fraction of sp³-hybridized carbons (Fsp3) is 0.381. The predicted octanol–water partition coefficient (Wildman–Crippen LogP) is 2.12. The van der Waals surface area contributed by atoms with Crippen molar-refractivity contribution in [3.63, 3.8) is 0 Å². The molecule has 8 nitrogen and oxygen atoms in total. The summed E-state index contributed by atoms with van der Waals surface area (Å²) < 4.78 is 46.1. The molecule has 0 aromatic heterocycles. The molecule has 1 amide bonds. The lowest BCUT2D eigenvalue weighted by molar-refractivity contribution is -0.144. The number of hydrogen-bond donors (Lipinski definition) is 3. The van der Waals surface area contributed by atoms with Gasteiger partial charge in [0.25, 0.3) is 5.91 Å². The Bertz CT molecular complexity index is 1060. The van der Waals surface area contributed by atoms with Crippen molar-refractivity contribution in [3.8, 4) is 5.75 Å². The Balaban J connectivity index is 1.79. The quantitative estimate of drug-likeness (QED) is 0.457. The number of ether oxygens (including phenoxy) is 1. The van der Waals surface area contributed by atoms with Crippen LogP contribution >= 0.6 is 0 Å². The van der Waals surface area contributed by atoms with Gasteiger partial charge in [0.15, 0.2) is 0 Å². The molecule has 1 aliphatic rings. The van der Waals surface area contributed by atoms with Gasteiger partial charge in [-0.05, 0) is 74.2 Å². The van der Waals surface area contributed by atoms with Crippen LogP contribution in [-0.2, 0) is 21.4 Å². The van der Waals surface area contributed by atoms with Gasteiger partial charge in [-0.25, -0.2) is 18.3 Å². The monoisotopic (exact) mass is 452 g/mol. The van der Waals surface area contributed by atoms with E-state index in [1.807, 2.05) is 0 Å². The Morgan fingerprint density at radius 2 is 1.97 bits per heavy atom.